The van der Waals surface area contributed by atoms with Crippen molar-refractivity contribution >= 4 is 14.5 Å². The predicted molar refractivity (Wildman–Crippen MR) is 87.7 cm³/mol. The van der Waals surface area contributed by atoms with E-state index in [1.807, 2.05) is 0 Å². The Labute approximate surface area is 135 Å². The van der Waals surface area contributed by atoms with E-state index in [1.54, 1.807) is 28.3 Å². The molecule has 0 spiro atoms. The van der Waals surface area contributed by atoms with E-state index in [0.717, 1.165) is 31.7 Å². The lowest BCUT2D eigenvalue weighted by Gasteiger charge is -2.52. The largest absolute Gasteiger partial charge is 0.462 e. The first-order valence-electron chi connectivity index (χ1n) is 7.91. The molecule has 0 aromatic rings. The minimum Gasteiger partial charge on any atom is -0.462 e. The molecule has 128 valence electrons. The van der Waals surface area contributed by atoms with Crippen molar-refractivity contribution in [3.8, 4) is 0 Å². The molecule has 0 radical (unpaired) electrons. The van der Waals surface area contributed by atoms with Gasteiger partial charge in [0.05, 0.1) is 6.61 Å². The van der Waals surface area contributed by atoms with Crippen molar-refractivity contribution in [1.29, 1.82) is 0 Å². The molecule has 1 heterocycles. The fraction of sp³-hybridized carbons (Fsp3) is 0.812. The first-order valence-corrected chi connectivity index (χ1v) is 9.93. The molecule has 1 aliphatic heterocycles. The van der Waals surface area contributed by atoms with E-state index in [0.29, 0.717) is 12.2 Å². The van der Waals surface area contributed by atoms with Crippen molar-refractivity contribution in [3.63, 3.8) is 0 Å². The Balaban J connectivity index is 3.06. The molecule has 1 aliphatic rings. The van der Waals surface area contributed by atoms with Gasteiger partial charge in [0, 0.05) is 32.8 Å². The molecule has 22 heavy (non-hydrogen) atoms. The minimum atomic E-state index is -2.53. The molecule has 0 saturated carbocycles. The lowest BCUT2D eigenvalue weighted by molar-refractivity contribution is -0.145. The molecule has 2 unspecified atom stereocenters. The first-order chi connectivity index (χ1) is 10.4. The fourth-order valence-electron chi connectivity index (χ4n) is 3.68. The van der Waals surface area contributed by atoms with Gasteiger partial charge < -0.3 is 18.3 Å². The molecular formula is C16H30O5Si. The molecule has 0 N–H and O–H groups in total. The van der Waals surface area contributed by atoms with Gasteiger partial charge in [0.2, 0.25) is 0 Å². The zero-order valence-electron chi connectivity index (χ0n) is 14.6. The molecule has 0 amide bonds. The first kappa shape index (κ1) is 19.4. The summed E-state index contributed by atoms with van der Waals surface area (Å²) in [6, 6.07) is 0.902. The number of hydrogen-bond acceptors (Lipinski definition) is 5. The molecule has 5 nitrogen and oxygen atoms in total. The summed E-state index contributed by atoms with van der Waals surface area (Å²) in [6.07, 6.45) is 3.74. The highest BCUT2D eigenvalue weighted by Gasteiger charge is 2.63. The highest BCUT2D eigenvalue weighted by atomic mass is 28.4. The van der Waals surface area contributed by atoms with Gasteiger partial charge in [-0.2, -0.15) is 0 Å². The van der Waals surface area contributed by atoms with Crippen molar-refractivity contribution in [2.24, 2.45) is 5.92 Å². The average molecular weight is 330 g/mol. The van der Waals surface area contributed by atoms with E-state index in [-0.39, 0.29) is 11.9 Å². The van der Waals surface area contributed by atoms with E-state index in [1.165, 1.54) is 0 Å². The minimum absolute atomic E-state index is 0.0843. The number of rotatable bonds is 8. The van der Waals surface area contributed by atoms with Crippen LogP contribution < -0.4 is 0 Å². The third-order valence-corrected chi connectivity index (χ3v) is 9.25. The van der Waals surface area contributed by atoms with Gasteiger partial charge in [0.15, 0.2) is 0 Å². The summed E-state index contributed by atoms with van der Waals surface area (Å²) in [6.45, 7) is 7.72. The van der Waals surface area contributed by atoms with Crippen molar-refractivity contribution in [3.05, 3.63) is 12.2 Å². The van der Waals surface area contributed by atoms with Gasteiger partial charge in [0.25, 0.3) is 0 Å². The maximum atomic E-state index is 11.7. The summed E-state index contributed by atoms with van der Waals surface area (Å²) < 4.78 is 23.3. The predicted octanol–water partition coefficient (Wildman–Crippen LogP) is 2.98. The van der Waals surface area contributed by atoms with Crippen LogP contribution in [-0.2, 0) is 23.1 Å². The van der Waals surface area contributed by atoms with Crippen molar-refractivity contribution in [1.82, 2.24) is 0 Å². The maximum Gasteiger partial charge on any atom is 0.371 e. The van der Waals surface area contributed by atoms with Gasteiger partial charge in [-0.05, 0) is 25.8 Å². The van der Waals surface area contributed by atoms with Gasteiger partial charge in [-0.3, -0.25) is 0 Å². The molecule has 2 atom stereocenters. The second-order valence-electron chi connectivity index (χ2n) is 5.97. The Morgan fingerprint density at radius 3 is 2.41 bits per heavy atom. The van der Waals surface area contributed by atoms with Gasteiger partial charge in [-0.1, -0.05) is 26.3 Å². The topological polar surface area (TPSA) is 54.0 Å². The van der Waals surface area contributed by atoms with Crippen LogP contribution in [0, 0.1) is 5.92 Å². The molecule has 1 fully saturated rings. The Hall–Kier alpha value is -0.693. The van der Waals surface area contributed by atoms with Crippen molar-refractivity contribution < 1.29 is 23.1 Å². The highest BCUT2D eigenvalue weighted by Crippen LogP contribution is 2.46. The lowest BCUT2D eigenvalue weighted by atomic mass is 9.92. The average Bonchev–Trinajstić information content (AvgIpc) is 2.53. The quantitative estimate of drug-likeness (QED) is 0.389. The van der Waals surface area contributed by atoms with Crippen LogP contribution in [0.5, 0.6) is 0 Å². The lowest BCUT2D eigenvalue weighted by Crippen LogP contribution is -2.69. The summed E-state index contributed by atoms with van der Waals surface area (Å²) in [4.78, 5) is 11.7. The smallest absolute Gasteiger partial charge is 0.371 e. The zero-order valence-corrected chi connectivity index (χ0v) is 15.6. The molecular weight excluding hydrogens is 300 g/mol. The second kappa shape index (κ2) is 8.24. The Kier molecular flexibility index (Phi) is 7.25. The van der Waals surface area contributed by atoms with Crippen LogP contribution in [0.15, 0.2) is 12.2 Å². The molecule has 1 rings (SSSR count). The number of hydrogen-bond donors (Lipinski definition) is 0. The number of methoxy groups -OCH3 is 1. The number of carbonyl (C=O) groups excluding carboxylic acids is 1. The number of ether oxygens (including phenoxy) is 2. The maximum absolute atomic E-state index is 11.7. The second-order valence-corrected chi connectivity index (χ2v) is 9.64. The zero-order chi connectivity index (χ0) is 16.8. The van der Waals surface area contributed by atoms with Crippen LogP contribution in [0.4, 0.5) is 0 Å². The molecule has 0 aromatic carbocycles. The van der Waals surface area contributed by atoms with Gasteiger partial charge >= 0.3 is 14.5 Å². The summed E-state index contributed by atoms with van der Waals surface area (Å²) >= 11 is 0. The summed E-state index contributed by atoms with van der Waals surface area (Å²) in [5.41, 5.74) is 0.413. The van der Waals surface area contributed by atoms with E-state index in [4.69, 9.17) is 18.3 Å². The molecule has 0 aromatic heterocycles. The van der Waals surface area contributed by atoms with Crippen LogP contribution >= 0.6 is 0 Å². The van der Waals surface area contributed by atoms with Gasteiger partial charge in [0.1, 0.15) is 5.22 Å². The SMILES string of the molecule is C=C(C)C(=O)OCC1CCC[Si](OC)(OC)C1(CCC)OC. The molecule has 0 aliphatic carbocycles. The summed E-state index contributed by atoms with van der Waals surface area (Å²) in [7, 11) is 2.61. The number of esters is 1. The van der Waals surface area contributed by atoms with Crippen LogP contribution in [0.1, 0.15) is 39.5 Å². The standard InChI is InChI=1S/C16H30O5Si/c1-7-10-16(18-4)14(12-21-15(17)13(2)3)9-8-11-22(16,19-5)20-6/h14H,2,7-12H2,1,3-6H3. The fourth-order valence-corrected chi connectivity index (χ4v) is 7.83. The van der Waals surface area contributed by atoms with E-state index in [2.05, 4.69) is 13.5 Å². The van der Waals surface area contributed by atoms with E-state index in [9.17, 15) is 4.79 Å². The van der Waals surface area contributed by atoms with Crippen LogP contribution in [0.25, 0.3) is 0 Å². The van der Waals surface area contributed by atoms with Gasteiger partial charge in [-0.25, -0.2) is 4.79 Å². The van der Waals surface area contributed by atoms with Gasteiger partial charge in [-0.15, -0.1) is 0 Å². The Morgan fingerprint density at radius 2 is 1.95 bits per heavy atom. The highest BCUT2D eigenvalue weighted by molar-refractivity contribution is 6.70. The molecule has 1 saturated heterocycles. The summed E-state index contributed by atoms with van der Waals surface area (Å²) in [5, 5.41) is -0.487. The molecule has 0 bridgehead atoms. The normalized spacial score (nSPS) is 27.4. The van der Waals surface area contributed by atoms with Crippen molar-refractivity contribution in [2.45, 2.75) is 50.8 Å². The van der Waals surface area contributed by atoms with E-state index >= 15 is 0 Å². The molecule has 6 heteroatoms. The summed E-state index contributed by atoms with van der Waals surface area (Å²) in [5.74, 6) is -0.268. The van der Waals surface area contributed by atoms with Crippen molar-refractivity contribution in [2.75, 3.05) is 27.9 Å². The van der Waals surface area contributed by atoms with Crippen LogP contribution in [0.3, 0.4) is 0 Å². The monoisotopic (exact) mass is 330 g/mol. The Bertz CT molecular complexity index is 394. The van der Waals surface area contributed by atoms with Crippen LogP contribution in [0.2, 0.25) is 6.04 Å². The third-order valence-electron chi connectivity index (χ3n) is 4.77. The van der Waals surface area contributed by atoms with Crippen LogP contribution in [-0.4, -0.2) is 47.7 Å². The Morgan fingerprint density at radius 1 is 1.32 bits per heavy atom. The van der Waals surface area contributed by atoms with E-state index < -0.39 is 13.8 Å². The number of carbonyl (C=O) groups is 1. The third kappa shape index (κ3) is 3.45.